The van der Waals surface area contributed by atoms with Gasteiger partial charge in [-0.3, -0.25) is 9.69 Å². The van der Waals surface area contributed by atoms with Gasteiger partial charge in [0.1, 0.15) is 30.8 Å². The lowest BCUT2D eigenvalue weighted by atomic mass is 9.92. The maximum Gasteiger partial charge on any atom is 0.326 e. The summed E-state index contributed by atoms with van der Waals surface area (Å²) in [6.07, 6.45) is 1.67. The predicted octanol–water partition coefficient (Wildman–Crippen LogP) is 8.96. The monoisotopic (exact) mass is 813 g/mol. The van der Waals surface area contributed by atoms with E-state index in [-0.39, 0.29) is 12.5 Å². The Hall–Kier alpha value is -6.25. The number of fused-ring (bicyclic) bond motifs is 2. The van der Waals surface area contributed by atoms with Crippen LogP contribution in [-0.4, -0.2) is 40.6 Å². The van der Waals surface area contributed by atoms with Crippen LogP contribution in [0.4, 0.5) is 0 Å². The lowest BCUT2D eigenvalue weighted by molar-refractivity contribution is -0.143. The minimum absolute atomic E-state index is 0.102. The van der Waals surface area contributed by atoms with Crippen LogP contribution in [0.1, 0.15) is 45.2 Å². The molecule has 0 saturated carbocycles. The maximum atomic E-state index is 14.1. The molecule has 0 aliphatic carbocycles. The Balaban J connectivity index is 0.945. The Morgan fingerprint density at radius 3 is 2.29 bits per heavy atom. The van der Waals surface area contributed by atoms with Crippen LogP contribution in [0, 0.1) is 11.3 Å². The summed E-state index contributed by atoms with van der Waals surface area (Å²) >= 11 is 12.2. The Labute approximate surface area is 345 Å². The molecule has 6 aromatic rings. The molecule has 0 bridgehead atoms. The first-order valence-electron chi connectivity index (χ1n) is 18.7. The average Bonchev–Trinajstić information content (AvgIpc) is 3.76. The van der Waals surface area contributed by atoms with Crippen molar-refractivity contribution in [2.75, 3.05) is 6.61 Å². The van der Waals surface area contributed by atoms with Gasteiger partial charge in [-0.25, -0.2) is 4.79 Å². The maximum absolute atomic E-state index is 14.1. The van der Waals surface area contributed by atoms with Gasteiger partial charge >= 0.3 is 5.97 Å². The number of halogens is 2. The summed E-state index contributed by atoms with van der Waals surface area (Å²) < 4.78 is 24.3. The van der Waals surface area contributed by atoms with Crippen molar-refractivity contribution in [2.24, 2.45) is 0 Å². The van der Waals surface area contributed by atoms with E-state index in [0.717, 1.165) is 38.9 Å². The van der Waals surface area contributed by atoms with Gasteiger partial charge in [0.15, 0.2) is 17.6 Å². The molecular formula is C46H37Cl2N3O7. The van der Waals surface area contributed by atoms with Crippen LogP contribution < -0.4 is 19.5 Å². The molecule has 58 heavy (non-hydrogen) atoms. The van der Waals surface area contributed by atoms with Crippen LogP contribution in [0.5, 0.6) is 17.2 Å². The second kappa shape index (κ2) is 17.1. The minimum atomic E-state index is -1.15. The van der Waals surface area contributed by atoms with Crippen LogP contribution in [0.15, 0.2) is 126 Å². The quantitative estimate of drug-likeness (QED) is 0.124. The standard InChI is InChI=1S/C46H37Cl2N3O7/c47-38-16-7-30(18-39(38)48)26-56-36-14-12-33(13-15-36)44-27-57-42-21-34-20-41(51(25-37-2-1-17-55-37)24-35(34)22-43(42)58-44)45(52)50-40(46(53)54)19-28-3-8-31(9-4-28)32-10-5-29(23-49)6-11-32/h1-18,21-22,40-41,44H,19-20,24-27H2,(H,50,52)(H,53,54)/t40-,41?,44?/m0/s1. The first-order chi connectivity index (χ1) is 28.2. The number of ether oxygens (including phenoxy) is 3. The molecule has 1 amide bonds. The molecule has 8 rings (SSSR count). The molecule has 5 aromatic carbocycles. The molecule has 3 heterocycles. The number of nitrogens with zero attached hydrogens (tertiary/aromatic N) is 2. The van der Waals surface area contributed by atoms with Crippen LogP contribution >= 0.6 is 23.2 Å². The molecule has 2 N–H and O–H groups in total. The number of furan rings is 1. The summed E-state index contributed by atoms with van der Waals surface area (Å²) in [5.74, 6) is 1.05. The molecule has 2 aliphatic heterocycles. The van der Waals surface area contributed by atoms with E-state index in [1.165, 1.54) is 0 Å². The zero-order valence-corrected chi connectivity index (χ0v) is 32.6. The van der Waals surface area contributed by atoms with Crippen LogP contribution in [0.3, 0.4) is 0 Å². The number of benzene rings is 5. The Morgan fingerprint density at radius 1 is 0.879 bits per heavy atom. The second-order valence-electron chi connectivity index (χ2n) is 14.3. The largest absolute Gasteiger partial charge is 0.489 e. The number of carboxylic acid groups (broad SMARTS) is 1. The van der Waals surface area contributed by atoms with Crippen molar-refractivity contribution in [1.82, 2.24) is 10.2 Å². The van der Waals surface area contributed by atoms with Gasteiger partial charge in [0.2, 0.25) is 5.91 Å². The topological polar surface area (TPSA) is 134 Å². The third kappa shape index (κ3) is 8.82. The summed E-state index contributed by atoms with van der Waals surface area (Å²) in [5.41, 5.74) is 6.94. The summed E-state index contributed by atoms with van der Waals surface area (Å²) in [5, 5.41) is 23.1. The molecule has 12 heteroatoms. The number of nitrogens with one attached hydrogen (secondary N) is 1. The molecule has 292 valence electrons. The smallest absolute Gasteiger partial charge is 0.326 e. The van der Waals surface area contributed by atoms with E-state index in [1.54, 1.807) is 36.6 Å². The Kier molecular flexibility index (Phi) is 11.4. The van der Waals surface area contributed by atoms with Crippen molar-refractivity contribution >= 4 is 35.1 Å². The number of nitriles is 1. The predicted molar refractivity (Wildman–Crippen MR) is 218 cm³/mol. The van der Waals surface area contributed by atoms with Crippen molar-refractivity contribution in [3.8, 4) is 34.4 Å². The van der Waals surface area contributed by atoms with E-state index in [0.29, 0.717) is 71.3 Å². The third-order valence-corrected chi connectivity index (χ3v) is 11.1. The molecular weight excluding hydrogens is 777 g/mol. The molecule has 2 unspecified atom stereocenters. The van der Waals surface area contributed by atoms with Gasteiger partial charge in [-0.2, -0.15) is 5.26 Å². The van der Waals surface area contributed by atoms with E-state index < -0.39 is 24.0 Å². The van der Waals surface area contributed by atoms with Crippen LogP contribution in [0.25, 0.3) is 11.1 Å². The van der Waals surface area contributed by atoms with E-state index in [1.807, 2.05) is 89.8 Å². The van der Waals surface area contributed by atoms with Gasteiger partial charge < -0.3 is 29.1 Å². The number of carbonyl (C=O) groups excluding carboxylic acids is 1. The van der Waals surface area contributed by atoms with Crippen LogP contribution in [0.2, 0.25) is 10.0 Å². The molecule has 0 spiro atoms. The van der Waals surface area contributed by atoms with Crippen molar-refractivity contribution in [3.63, 3.8) is 0 Å². The molecule has 1 aromatic heterocycles. The van der Waals surface area contributed by atoms with E-state index in [4.69, 9.17) is 47.1 Å². The summed E-state index contributed by atoms with van der Waals surface area (Å²) in [7, 11) is 0. The molecule has 2 aliphatic rings. The van der Waals surface area contributed by atoms with E-state index >= 15 is 0 Å². The molecule has 10 nitrogen and oxygen atoms in total. The number of amides is 1. The average molecular weight is 815 g/mol. The number of aliphatic carboxylic acids is 1. The first kappa shape index (κ1) is 38.6. The van der Waals surface area contributed by atoms with Crippen molar-refractivity contribution in [3.05, 3.63) is 171 Å². The number of hydrogen-bond acceptors (Lipinski definition) is 8. The van der Waals surface area contributed by atoms with Gasteiger partial charge in [0, 0.05) is 13.0 Å². The Morgan fingerprint density at radius 2 is 1.60 bits per heavy atom. The van der Waals surface area contributed by atoms with E-state index in [9.17, 15) is 14.7 Å². The summed E-state index contributed by atoms with van der Waals surface area (Å²) in [6, 6.07) is 35.7. The van der Waals surface area contributed by atoms with Crippen molar-refractivity contribution < 1.29 is 33.3 Å². The van der Waals surface area contributed by atoms with Crippen molar-refractivity contribution in [2.45, 2.75) is 50.7 Å². The van der Waals surface area contributed by atoms with Gasteiger partial charge in [-0.15, -0.1) is 0 Å². The zero-order chi connectivity index (χ0) is 40.2. The molecule has 3 atom stereocenters. The number of carboxylic acids is 1. The van der Waals surface area contributed by atoms with Crippen molar-refractivity contribution in [1.29, 1.82) is 5.26 Å². The van der Waals surface area contributed by atoms with E-state index in [2.05, 4.69) is 11.4 Å². The highest BCUT2D eigenvalue weighted by Crippen LogP contribution is 2.41. The fourth-order valence-electron chi connectivity index (χ4n) is 7.25. The minimum Gasteiger partial charge on any atom is -0.489 e. The summed E-state index contributed by atoms with van der Waals surface area (Å²) in [6.45, 7) is 1.37. The SMILES string of the molecule is N#Cc1ccc(-c2ccc(C[C@H](NC(=O)C3Cc4cc5c(cc4CN3Cc3ccco3)OC(c3ccc(OCc4ccc(Cl)c(Cl)c4)cc3)CO5)C(=O)O)cc2)cc1. The lowest BCUT2D eigenvalue weighted by Crippen LogP contribution is -2.54. The normalized spacial score (nSPS) is 16.4. The van der Waals surface area contributed by atoms with Gasteiger partial charge in [-0.05, 0) is 106 Å². The molecule has 0 fully saturated rings. The number of hydrogen-bond donors (Lipinski definition) is 2. The zero-order valence-electron chi connectivity index (χ0n) is 31.1. The molecule has 0 radical (unpaired) electrons. The lowest BCUT2D eigenvalue weighted by Gasteiger charge is -2.37. The Bertz CT molecular complexity index is 2470. The number of rotatable bonds is 12. The highest BCUT2D eigenvalue weighted by Gasteiger charge is 2.36. The fraction of sp³-hybridized carbons (Fsp3) is 0.196. The fourth-order valence-corrected chi connectivity index (χ4v) is 7.57. The van der Waals surface area contributed by atoms with Gasteiger partial charge in [0.25, 0.3) is 0 Å². The van der Waals surface area contributed by atoms with Crippen LogP contribution in [-0.2, 0) is 42.1 Å². The highest BCUT2D eigenvalue weighted by molar-refractivity contribution is 6.42. The third-order valence-electron chi connectivity index (χ3n) is 10.4. The highest BCUT2D eigenvalue weighted by atomic mass is 35.5. The second-order valence-corrected chi connectivity index (χ2v) is 15.1. The van der Waals surface area contributed by atoms with Gasteiger partial charge in [0.05, 0.1) is 40.5 Å². The van der Waals surface area contributed by atoms with Gasteiger partial charge in [-0.1, -0.05) is 77.8 Å². The number of carbonyl (C=O) groups is 2. The molecule has 0 saturated heterocycles. The first-order valence-corrected chi connectivity index (χ1v) is 19.5. The summed E-state index contributed by atoms with van der Waals surface area (Å²) in [4.78, 5) is 28.5.